The molecular weight excluding hydrogens is 709 g/mol. The van der Waals surface area contributed by atoms with Crippen LogP contribution < -0.4 is 10.6 Å². The predicted molar refractivity (Wildman–Crippen MR) is 171 cm³/mol. The number of alkyl halides is 9. The normalized spacial score (nSPS) is 18.7. The van der Waals surface area contributed by atoms with Crippen LogP contribution in [0.3, 0.4) is 0 Å². The Kier molecular flexibility index (Phi) is 11.6. The molecule has 1 aromatic heterocycles. The summed E-state index contributed by atoms with van der Waals surface area (Å²) in [5, 5.41) is 6.65. The highest BCUT2D eigenvalue weighted by molar-refractivity contribution is 5.99. The summed E-state index contributed by atoms with van der Waals surface area (Å²) >= 11 is 0. The lowest BCUT2D eigenvalue weighted by Gasteiger charge is -2.42. The van der Waals surface area contributed by atoms with Crippen molar-refractivity contribution in [2.24, 2.45) is 5.92 Å². The van der Waals surface area contributed by atoms with Gasteiger partial charge in [0.2, 0.25) is 11.8 Å². The molecule has 0 bridgehead atoms. The number of aromatic nitrogens is 1. The first-order valence-corrected chi connectivity index (χ1v) is 16.8. The van der Waals surface area contributed by atoms with Gasteiger partial charge in [-0.2, -0.15) is 39.5 Å². The van der Waals surface area contributed by atoms with Gasteiger partial charge in [-0.05, 0) is 48.1 Å². The highest BCUT2D eigenvalue weighted by atomic mass is 19.4. The summed E-state index contributed by atoms with van der Waals surface area (Å²) < 4.78 is 124. The number of aromatic amines is 1. The lowest BCUT2D eigenvalue weighted by atomic mass is 9.82. The molecule has 3 N–H and O–H groups in total. The third-order valence-corrected chi connectivity index (χ3v) is 9.75. The van der Waals surface area contributed by atoms with Crippen molar-refractivity contribution in [1.29, 1.82) is 0 Å². The van der Waals surface area contributed by atoms with Crippen molar-refractivity contribution < 1.29 is 53.9 Å². The number of imide groups is 1. The summed E-state index contributed by atoms with van der Waals surface area (Å²) in [6.07, 6.45) is -11.2. The van der Waals surface area contributed by atoms with E-state index in [1.807, 2.05) is 4.90 Å². The van der Waals surface area contributed by atoms with Gasteiger partial charge in [-0.3, -0.25) is 24.2 Å². The van der Waals surface area contributed by atoms with Crippen LogP contribution in [0.1, 0.15) is 66.8 Å². The van der Waals surface area contributed by atoms with E-state index in [0.717, 1.165) is 39.0 Å². The Bertz CT molecular complexity index is 1730. The van der Waals surface area contributed by atoms with E-state index in [0.29, 0.717) is 46.9 Å². The van der Waals surface area contributed by atoms with Crippen molar-refractivity contribution >= 4 is 28.6 Å². The zero-order chi connectivity index (χ0) is 38.0. The number of hydrogen-bond donors (Lipinski definition) is 3. The molecule has 0 spiro atoms. The molecule has 284 valence electrons. The van der Waals surface area contributed by atoms with Gasteiger partial charge in [-0.15, -0.1) is 0 Å². The summed E-state index contributed by atoms with van der Waals surface area (Å²) in [5.74, 6) is -2.54. The molecule has 3 amide bonds. The van der Waals surface area contributed by atoms with Crippen LogP contribution in [0.5, 0.6) is 0 Å². The molecule has 17 heteroatoms. The molecule has 2 atom stereocenters. The van der Waals surface area contributed by atoms with Gasteiger partial charge in [0.05, 0.1) is 29.8 Å². The van der Waals surface area contributed by atoms with Crippen LogP contribution in [0.2, 0.25) is 0 Å². The zero-order valence-electron chi connectivity index (χ0n) is 28.1. The number of rotatable bonds is 9. The van der Waals surface area contributed by atoms with Gasteiger partial charge >= 0.3 is 18.5 Å². The summed E-state index contributed by atoms with van der Waals surface area (Å²) in [5.41, 5.74) is -8.02. The van der Waals surface area contributed by atoms with E-state index in [4.69, 9.17) is 0 Å². The molecule has 2 aromatic carbocycles. The number of carbonyl (C=O) groups excluding carboxylic acids is 3. The Morgan fingerprint density at radius 1 is 0.923 bits per heavy atom. The highest BCUT2D eigenvalue weighted by Crippen LogP contribution is 2.47. The largest absolute Gasteiger partial charge is 0.417 e. The zero-order valence-corrected chi connectivity index (χ0v) is 28.1. The van der Waals surface area contributed by atoms with Crippen LogP contribution in [-0.2, 0) is 45.9 Å². The Morgan fingerprint density at radius 2 is 1.56 bits per heavy atom. The molecule has 1 saturated heterocycles. The van der Waals surface area contributed by atoms with Gasteiger partial charge in [0.1, 0.15) is 6.04 Å². The van der Waals surface area contributed by atoms with Gasteiger partial charge < -0.3 is 15.6 Å². The number of fused-ring (bicyclic) bond motifs is 1. The number of H-pyrrole nitrogens is 1. The van der Waals surface area contributed by atoms with E-state index in [1.54, 1.807) is 30.5 Å². The van der Waals surface area contributed by atoms with E-state index in [1.165, 1.54) is 0 Å². The SMILES string of the molecule is CC(=O)N(Cc1cc(C(F)(F)F)c(C(F)(F)F)c(C(F)(F)F)c1)C(=O)C(Cc1c[nH]c2ccccc12)NC(=O)CN1CCNCC1C1CCCCC1. The molecule has 2 heterocycles. The average Bonchev–Trinajstić information content (AvgIpc) is 3.48. The van der Waals surface area contributed by atoms with Gasteiger partial charge in [0.25, 0.3) is 5.91 Å². The number of nitrogens with one attached hydrogen (secondary N) is 3. The summed E-state index contributed by atoms with van der Waals surface area (Å²) in [6, 6.07) is 5.14. The minimum atomic E-state index is -6.04. The lowest BCUT2D eigenvalue weighted by molar-refractivity contribution is -0.174. The maximum atomic E-state index is 14.1. The third-order valence-electron chi connectivity index (χ3n) is 9.75. The van der Waals surface area contributed by atoms with E-state index >= 15 is 0 Å². The Balaban J connectivity index is 1.48. The summed E-state index contributed by atoms with van der Waals surface area (Å²) in [4.78, 5) is 46.0. The smallest absolute Gasteiger partial charge is 0.361 e. The molecule has 1 aliphatic heterocycles. The second kappa shape index (κ2) is 15.5. The van der Waals surface area contributed by atoms with Crippen LogP contribution >= 0.6 is 0 Å². The quantitative estimate of drug-likeness (QED) is 0.213. The monoisotopic (exact) mass is 747 g/mol. The fourth-order valence-electron chi connectivity index (χ4n) is 7.35. The maximum Gasteiger partial charge on any atom is 0.417 e. The van der Waals surface area contributed by atoms with Crippen molar-refractivity contribution in [1.82, 2.24) is 25.4 Å². The second-order valence-electron chi connectivity index (χ2n) is 13.3. The molecule has 1 aliphatic carbocycles. The Labute approximate surface area is 293 Å². The van der Waals surface area contributed by atoms with Crippen LogP contribution in [0.25, 0.3) is 10.9 Å². The van der Waals surface area contributed by atoms with Crippen LogP contribution in [0.4, 0.5) is 39.5 Å². The molecule has 2 unspecified atom stereocenters. The molecule has 52 heavy (non-hydrogen) atoms. The Morgan fingerprint density at radius 3 is 2.15 bits per heavy atom. The number of carbonyl (C=O) groups is 3. The van der Waals surface area contributed by atoms with Crippen molar-refractivity contribution in [2.75, 3.05) is 26.2 Å². The molecule has 3 aromatic rings. The predicted octanol–water partition coefficient (Wildman–Crippen LogP) is 6.68. The second-order valence-corrected chi connectivity index (χ2v) is 13.3. The molecule has 1 saturated carbocycles. The number of nitrogens with zero attached hydrogens (tertiary/aromatic N) is 2. The number of piperazine rings is 1. The minimum absolute atomic E-state index is 0.0432. The number of halogens is 9. The fourth-order valence-corrected chi connectivity index (χ4v) is 7.35. The van der Waals surface area contributed by atoms with Crippen LogP contribution in [-0.4, -0.2) is 70.8 Å². The molecule has 5 rings (SSSR count). The van der Waals surface area contributed by atoms with Gasteiger partial charge in [-0.25, -0.2) is 0 Å². The van der Waals surface area contributed by atoms with Crippen molar-refractivity contribution in [3.8, 4) is 0 Å². The van der Waals surface area contributed by atoms with Gasteiger partial charge in [0.15, 0.2) is 0 Å². The number of amides is 3. The van der Waals surface area contributed by atoms with Crippen molar-refractivity contribution in [3.63, 3.8) is 0 Å². The van der Waals surface area contributed by atoms with Gasteiger partial charge in [0, 0.05) is 56.1 Å². The van der Waals surface area contributed by atoms with Crippen molar-refractivity contribution in [2.45, 2.75) is 82.6 Å². The van der Waals surface area contributed by atoms with Gasteiger partial charge in [-0.1, -0.05) is 37.5 Å². The summed E-state index contributed by atoms with van der Waals surface area (Å²) in [7, 11) is 0. The molecule has 2 aliphatic rings. The lowest BCUT2D eigenvalue weighted by Crippen LogP contribution is -2.58. The number of hydrogen-bond acceptors (Lipinski definition) is 5. The fraction of sp³-hybridized carbons (Fsp3) is 0.514. The molecule has 8 nitrogen and oxygen atoms in total. The first kappa shape index (κ1) is 39.1. The number of benzene rings is 2. The Hall–Kier alpha value is -4.12. The molecule has 2 fully saturated rings. The van der Waals surface area contributed by atoms with Crippen molar-refractivity contribution in [3.05, 3.63) is 70.4 Å². The average molecular weight is 748 g/mol. The van der Waals surface area contributed by atoms with Crippen LogP contribution in [0, 0.1) is 5.92 Å². The van der Waals surface area contributed by atoms with E-state index in [2.05, 4.69) is 15.6 Å². The minimum Gasteiger partial charge on any atom is -0.361 e. The standard InChI is InChI=1S/C35H38F9N5O3/c1-20(50)49(18-21-13-25(33(36,37)38)31(35(42,43)44)26(14-21)34(39,40)41)32(52)28(15-23-16-46-27-10-6-5-9-24(23)27)47-30(51)19-48-12-11-45-17-29(48)22-7-3-2-4-8-22/h5-6,9-10,13-14,16,22,28-29,45-46H,2-4,7-8,11-12,15,17-19H2,1H3,(H,47,51). The summed E-state index contributed by atoms with van der Waals surface area (Å²) in [6.45, 7) is 1.27. The van der Waals surface area contributed by atoms with E-state index in [-0.39, 0.29) is 31.1 Å². The highest BCUT2D eigenvalue weighted by Gasteiger charge is 2.50. The van der Waals surface area contributed by atoms with E-state index in [9.17, 15) is 53.9 Å². The van der Waals surface area contributed by atoms with Crippen LogP contribution in [0.15, 0.2) is 42.6 Å². The third kappa shape index (κ3) is 9.08. The topological polar surface area (TPSA) is 97.5 Å². The van der Waals surface area contributed by atoms with E-state index < -0.39 is 71.1 Å². The number of para-hydroxylation sites is 1. The molecular formula is C35H38F9N5O3. The first-order chi connectivity index (χ1) is 24.3. The maximum absolute atomic E-state index is 14.1. The first-order valence-electron chi connectivity index (χ1n) is 16.8. The molecule has 0 radical (unpaired) electrons.